The van der Waals surface area contributed by atoms with Crippen LogP contribution in [0.2, 0.25) is 0 Å². The SMILES string of the molecule is Cc1ccc(C(=O)O)cc1C1CCN([C@@H]2CC[C@@](C(=O)NCc3cc(F)cc(C(F)(F)F)c3)(C3CC3)OC2)CC1. The van der Waals surface area contributed by atoms with Gasteiger partial charge in [0.05, 0.1) is 17.7 Å². The lowest BCUT2D eigenvalue weighted by Crippen LogP contribution is -2.57. The van der Waals surface area contributed by atoms with Crippen molar-refractivity contribution in [1.82, 2.24) is 10.2 Å². The van der Waals surface area contributed by atoms with Crippen LogP contribution in [-0.2, 0) is 22.3 Å². The van der Waals surface area contributed by atoms with E-state index in [1.807, 2.05) is 13.0 Å². The average molecular weight is 563 g/mol. The molecule has 0 unspecified atom stereocenters. The summed E-state index contributed by atoms with van der Waals surface area (Å²) < 4.78 is 59.3. The Morgan fingerprint density at radius 2 is 1.80 bits per heavy atom. The van der Waals surface area contributed by atoms with E-state index in [2.05, 4.69) is 10.2 Å². The molecule has 0 bridgehead atoms. The molecule has 3 aliphatic rings. The maximum atomic E-state index is 13.8. The number of carboxylic acids is 1. The number of hydrogen-bond donors (Lipinski definition) is 2. The number of halogens is 4. The van der Waals surface area contributed by atoms with Crippen LogP contribution in [0.4, 0.5) is 17.6 Å². The van der Waals surface area contributed by atoms with Crippen LogP contribution < -0.4 is 5.32 Å². The number of aryl methyl sites for hydroxylation is 1. The van der Waals surface area contributed by atoms with E-state index in [-0.39, 0.29) is 35.9 Å². The number of likely N-dealkylation sites (tertiary alicyclic amines) is 1. The van der Waals surface area contributed by atoms with Crippen LogP contribution in [0.15, 0.2) is 36.4 Å². The van der Waals surface area contributed by atoms with Crippen molar-refractivity contribution in [2.75, 3.05) is 19.7 Å². The number of aromatic carboxylic acids is 1. The van der Waals surface area contributed by atoms with Crippen molar-refractivity contribution in [3.63, 3.8) is 0 Å². The van der Waals surface area contributed by atoms with Crippen LogP contribution in [0.3, 0.4) is 0 Å². The zero-order valence-corrected chi connectivity index (χ0v) is 22.4. The summed E-state index contributed by atoms with van der Waals surface area (Å²) in [5.41, 5.74) is 0.438. The molecule has 3 fully saturated rings. The number of rotatable bonds is 7. The van der Waals surface area contributed by atoms with Crippen molar-refractivity contribution in [2.45, 2.75) is 75.7 Å². The highest BCUT2D eigenvalue weighted by molar-refractivity contribution is 5.88. The monoisotopic (exact) mass is 562 g/mol. The Kier molecular flexibility index (Phi) is 7.94. The lowest BCUT2D eigenvalue weighted by atomic mass is 9.83. The van der Waals surface area contributed by atoms with Crippen LogP contribution in [0.25, 0.3) is 0 Å². The predicted molar refractivity (Wildman–Crippen MR) is 139 cm³/mol. The molecular weight excluding hydrogens is 528 g/mol. The molecule has 1 saturated carbocycles. The molecule has 0 radical (unpaired) electrons. The zero-order chi connectivity index (χ0) is 28.7. The Bertz CT molecular complexity index is 1260. The first kappa shape index (κ1) is 28.5. The number of benzene rings is 2. The second kappa shape index (κ2) is 11.1. The number of carbonyl (C=O) groups excluding carboxylic acids is 1. The van der Waals surface area contributed by atoms with Crippen LogP contribution in [-0.4, -0.2) is 53.2 Å². The van der Waals surface area contributed by atoms with Crippen LogP contribution in [0.5, 0.6) is 0 Å². The molecular formula is C30H34F4N2O4. The van der Waals surface area contributed by atoms with Crippen molar-refractivity contribution in [3.8, 4) is 0 Å². The summed E-state index contributed by atoms with van der Waals surface area (Å²) in [6.07, 6.45) is 0.135. The Labute approximate surface area is 230 Å². The molecule has 40 heavy (non-hydrogen) atoms. The number of hydrogen-bond acceptors (Lipinski definition) is 4. The number of amides is 1. The van der Waals surface area contributed by atoms with Gasteiger partial charge in [-0.2, -0.15) is 13.2 Å². The summed E-state index contributed by atoms with van der Waals surface area (Å²) in [6.45, 7) is 3.88. The maximum absolute atomic E-state index is 13.8. The van der Waals surface area contributed by atoms with Gasteiger partial charge in [-0.3, -0.25) is 9.69 Å². The highest BCUT2D eigenvalue weighted by atomic mass is 19.4. The quantitative estimate of drug-likeness (QED) is 0.425. The Balaban J connectivity index is 1.18. The first-order valence-electron chi connectivity index (χ1n) is 13.8. The van der Waals surface area contributed by atoms with Crippen LogP contribution in [0, 0.1) is 18.7 Å². The van der Waals surface area contributed by atoms with Crippen molar-refractivity contribution in [3.05, 3.63) is 70.0 Å². The second-order valence-electron chi connectivity index (χ2n) is 11.4. The molecule has 1 aliphatic carbocycles. The molecule has 2 N–H and O–H groups in total. The second-order valence-corrected chi connectivity index (χ2v) is 11.4. The average Bonchev–Trinajstić information content (AvgIpc) is 3.77. The minimum atomic E-state index is -4.67. The number of nitrogens with one attached hydrogen (secondary N) is 1. The molecule has 0 spiro atoms. The van der Waals surface area contributed by atoms with E-state index in [9.17, 15) is 32.3 Å². The lowest BCUT2D eigenvalue weighted by molar-refractivity contribution is -0.165. The molecule has 2 saturated heterocycles. The number of ether oxygens (including phenoxy) is 1. The molecule has 216 valence electrons. The van der Waals surface area contributed by atoms with Gasteiger partial charge in [0, 0.05) is 12.6 Å². The molecule has 5 rings (SSSR count). The van der Waals surface area contributed by atoms with Gasteiger partial charge in [-0.05, 0) is 117 Å². The molecule has 2 aliphatic heterocycles. The van der Waals surface area contributed by atoms with Gasteiger partial charge < -0.3 is 15.2 Å². The van der Waals surface area contributed by atoms with Gasteiger partial charge in [0.15, 0.2) is 0 Å². The molecule has 6 nitrogen and oxygen atoms in total. The molecule has 2 heterocycles. The van der Waals surface area contributed by atoms with Gasteiger partial charge in [0.2, 0.25) is 0 Å². The predicted octanol–water partition coefficient (Wildman–Crippen LogP) is 5.67. The van der Waals surface area contributed by atoms with Gasteiger partial charge in [-0.1, -0.05) is 6.07 Å². The first-order chi connectivity index (χ1) is 19.0. The first-order valence-corrected chi connectivity index (χ1v) is 13.8. The summed E-state index contributed by atoms with van der Waals surface area (Å²) >= 11 is 0. The summed E-state index contributed by atoms with van der Waals surface area (Å²) in [4.78, 5) is 27.1. The maximum Gasteiger partial charge on any atom is 0.416 e. The molecule has 1 amide bonds. The molecule has 0 aromatic heterocycles. The van der Waals surface area contributed by atoms with Gasteiger partial charge in [-0.25, -0.2) is 9.18 Å². The zero-order valence-electron chi connectivity index (χ0n) is 22.4. The van der Waals surface area contributed by atoms with Gasteiger partial charge in [0.25, 0.3) is 5.91 Å². The third-order valence-corrected chi connectivity index (χ3v) is 8.75. The lowest BCUT2D eigenvalue weighted by Gasteiger charge is -2.45. The Morgan fingerprint density at radius 3 is 2.40 bits per heavy atom. The van der Waals surface area contributed by atoms with E-state index in [1.165, 1.54) is 0 Å². The largest absolute Gasteiger partial charge is 0.478 e. The summed E-state index contributed by atoms with van der Waals surface area (Å²) in [7, 11) is 0. The number of alkyl halides is 3. The third kappa shape index (κ3) is 6.02. The molecule has 2 aromatic carbocycles. The molecule has 2 aromatic rings. The van der Waals surface area contributed by atoms with E-state index in [1.54, 1.807) is 12.1 Å². The highest BCUT2D eigenvalue weighted by Crippen LogP contribution is 2.47. The molecule has 2 atom stereocenters. The minimum absolute atomic E-state index is 0.0484. The van der Waals surface area contributed by atoms with E-state index in [0.717, 1.165) is 68.5 Å². The van der Waals surface area contributed by atoms with E-state index in [0.29, 0.717) is 24.7 Å². The van der Waals surface area contributed by atoms with Crippen molar-refractivity contribution in [1.29, 1.82) is 0 Å². The Hall–Kier alpha value is -2.98. The van der Waals surface area contributed by atoms with E-state index >= 15 is 0 Å². The van der Waals surface area contributed by atoms with Crippen molar-refractivity contribution >= 4 is 11.9 Å². The number of nitrogens with zero attached hydrogens (tertiary/aromatic N) is 1. The summed E-state index contributed by atoms with van der Waals surface area (Å²) in [5.74, 6) is -1.91. The van der Waals surface area contributed by atoms with Crippen molar-refractivity contribution in [2.24, 2.45) is 5.92 Å². The summed E-state index contributed by atoms with van der Waals surface area (Å²) in [5, 5.41) is 12.1. The van der Waals surface area contributed by atoms with Crippen LogP contribution in [0.1, 0.15) is 77.1 Å². The summed E-state index contributed by atoms with van der Waals surface area (Å²) in [6, 6.07) is 7.75. The standard InChI is InChI=1S/C30H34F4N2O4/c1-18-2-3-21(27(37)38)14-26(18)20-7-10-36(11-8-20)25-6-9-29(40-17-25,22-4-5-22)28(39)35-16-19-12-23(30(32,33)34)15-24(31)13-19/h2-3,12-15,20,22,25H,4-11,16-17H2,1H3,(H,35,39)(H,37,38)/t25-,29+/m1/s1. The van der Waals surface area contributed by atoms with Crippen molar-refractivity contribution < 1.29 is 37.0 Å². The molecule has 10 heteroatoms. The van der Waals surface area contributed by atoms with E-state index < -0.39 is 29.1 Å². The fourth-order valence-electron chi connectivity index (χ4n) is 6.34. The third-order valence-electron chi connectivity index (χ3n) is 8.75. The number of piperidine rings is 1. The van der Waals surface area contributed by atoms with Gasteiger partial charge in [-0.15, -0.1) is 0 Å². The smallest absolute Gasteiger partial charge is 0.416 e. The fourth-order valence-corrected chi connectivity index (χ4v) is 6.34. The minimum Gasteiger partial charge on any atom is -0.478 e. The fraction of sp³-hybridized carbons (Fsp3) is 0.533. The van der Waals surface area contributed by atoms with Crippen LogP contribution >= 0.6 is 0 Å². The van der Waals surface area contributed by atoms with Gasteiger partial charge in [0.1, 0.15) is 11.4 Å². The Morgan fingerprint density at radius 1 is 1.07 bits per heavy atom. The number of carbonyl (C=O) groups is 2. The highest BCUT2D eigenvalue weighted by Gasteiger charge is 2.54. The van der Waals surface area contributed by atoms with E-state index in [4.69, 9.17) is 4.74 Å². The normalized spacial score (nSPS) is 24.6. The number of carboxylic acid groups (broad SMARTS) is 1. The van der Waals surface area contributed by atoms with Gasteiger partial charge >= 0.3 is 12.1 Å². The topological polar surface area (TPSA) is 78.9 Å².